The monoisotopic (exact) mass is 215 g/mol. The fourth-order valence-electron chi connectivity index (χ4n) is 0.975. The molecule has 0 unspecified atom stereocenters. The van der Waals surface area contributed by atoms with Crippen molar-refractivity contribution in [2.75, 3.05) is 25.3 Å². The van der Waals surface area contributed by atoms with E-state index < -0.39 is 10.1 Å². The first-order valence-corrected chi connectivity index (χ1v) is 5.87. The second kappa shape index (κ2) is 3.88. The maximum Gasteiger partial charge on any atom is 0.306 e. The van der Waals surface area contributed by atoms with Crippen molar-refractivity contribution in [3.05, 3.63) is 24.3 Å². The minimum atomic E-state index is -3.42. The van der Waals surface area contributed by atoms with Crippen LogP contribution in [0.5, 0.6) is 5.75 Å². The molecule has 0 spiro atoms. The zero-order valence-electron chi connectivity index (χ0n) is 8.39. The second-order valence-corrected chi connectivity index (χ2v) is 4.75. The van der Waals surface area contributed by atoms with Crippen molar-refractivity contribution in [3.8, 4) is 5.75 Å². The van der Waals surface area contributed by atoms with Gasteiger partial charge in [-0.15, -0.1) is 0 Å². The molecule has 1 rings (SSSR count). The Morgan fingerprint density at radius 3 is 2.00 bits per heavy atom. The van der Waals surface area contributed by atoms with Crippen LogP contribution in [-0.2, 0) is 10.1 Å². The Bertz CT molecular complexity index is 395. The van der Waals surface area contributed by atoms with Gasteiger partial charge < -0.3 is 9.08 Å². The summed E-state index contributed by atoms with van der Waals surface area (Å²) in [5.41, 5.74) is 0.992. The van der Waals surface area contributed by atoms with E-state index in [1.54, 1.807) is 24.3 Å². The van der Waals surface area contributed by atoms with Gasteiger partial charge in [-0.05, 0) is 24.3 Å². The van der Waals surface area contributed by atoms with Crippen LogP contribution in [-0.4, -0.2) is 28.8 Å². The summed E-state index contributed by atoms with van der Waals surface area (Å²) in [6.45, 7) is 0. The van der Waals surface area contributed by atoms with Crippen molar-refractivity contribution >= 4 is 15.8 Å². The average Bonchev–Trinajstić information content (AvgIpc) is 2.02. The summed E-state index contributed by atoms with van der Waals surface area (Å²) in [6, 6.07) is 6.83. The van der Waals surface area contributed by atoms with Gasteiger partial charge in [0.2, 0.25) is 0 Å². The third-order valence-corrected chi connectivity index (χ3v) is 2.10. The van der Waals surface area contributed by atoms with Crippen molar-refractivity contribution in [3.63, 3.8) is 0 Å². The molecule has 0 saturated heterocycles. The number of anilines is 1. The van der Waals surface area contributed by atoms with Gasteiger partial charge in [0.15, 0.2) is 0 Å². The molecule has 5 heteroatoms. The normalized spacial score (nSPS) is 11.1. The Hall–Kier alpha value is -1.23. The van der Waals surface area contributed by atoms with E-state index in [1.807, 2.05) is 19.0 Å². The van der Waals surface area contributed by atoms with Gasteiger partial charge >= 0.3 is 10.1 Å². The molecule has 4 nitrogen and oxygen atoms in total. The Morgan fingerprint density at radius 2 is 1.64 bits per heavy atom. The van der Waals surface area contributed by atoms with Crippen molar-refractivity contribution < 1.29 is 12.6 Å². The molecular weight excluding hydrogens is 202 g/mol. The van der Waals surface area contributed by atoms with E-state index in [-0.39, 0.29) is 0 Å². The first kappa shape index (κ1) is 10.8. The molecule has 0 aliphatic rings. The topological polar surface area (TPSA) is 46.6 Å². The molecule has 1 aromatic carbocycles. The molecule has 0 heterocycles. The van der Waals surface area contributed by atoms with Crippen LogP contribution in [0.3, 0.4) is 0 Å². The van der Waals surface area contributed by atoms with Gasteiger partial charge in [0.25, 0.3) is 0 Å². The first-order valence-electron chi connectivity index (χ1n) is 4.05. The summed E-state index contributed by atoms with van der Waals surface area (Å²) < 4.78 is 26.3. The third-order valence-electron chi connectivity index (χ3n) is 1.60. The van der Waals surface area contributed by atoms with E-state index in [2.05, 4.69) is 0 Å². The number of hydrogen-bond donors (Lipinski definition) is 0. The predicted molar refractivity (Wildman–Crippen MR) is 56.2 cm³/mol. The van der Waals surface area contributed by atoms with Crippen LogP contribution in [0.4, 0.5) is 5.69 Å². The zero-order chi connectivity index (χ0) is 10.8. The Labute approximate surface area is 84.2 Å². The van der Waals surface area contributed by atoms with E-state index >= 15 is 0 Å². The summed E-state index contributed by atoms with van der Waals surface area (Å²) in [4.78, 5) is 1.92. The fraction of sp³-hybridized carbons (Fsp3) is 0.333. The molecule has 0 radical (unpaired) electrons. The van der Waals surface area contributed by atoms with Crippen molar-refractivity contribution in [1.82, 2.24) is 0 Å². The van der Waals surface area contributed by atoms with Crippen LogP contribution in [0.25, 0.3) is 0 Å². The number of rotatable bonds is 3. The average molecular weight is 215 g/mol. The van der Waals surface area contributed by atoms with Crippen molar-refractivity contribution in [2.24, 2.45) is 0 Å². The molecular formula is C9H13NO3S. The van der Waals surface area contributed by atoms with E-state index in [4.69, 9.17) is 4.18 Å². The molecule has 0 aliphatic carbocycles. The zero-order valence-corrected chi connectivity index (χ0v) is 9.21. The van der Waals surface area contributed by atoms with E-state index in [1.165, 1.54) is 0 Å². The molecule has 0 amide bonds. The minimum absolute atomic E-state index is 0.332. The number of nitrogens with zero attached hydrogens (tertiary/aromatic N) is 1. The van der Waals surface area contributed by atoms with E-state index in [0.29, 0.717) is 5.75 Å². The smallest absolute Gasteiger partial charge is 0.306 e. The fourth-order valence-corrected chi connectivity index (χ4v) is 1.44. The lowest BCUT2D eigenvalue weighted by Gasteiger charge is -2.12. The van der Waals surface area contributed by atoms with Gasteiger partial charge in [0.05, 0.1) is 6.26 Å². The van der Waals surface area contributed by atoms with Gasteiger partial charge in [-0.1, -0.05) is 0 Å². The number of hydrogen-bond acceptors (Lipinski definition) is 4. The molecule has 1 aromatic rings. The van der Waals surface area contributed by atoms with E-state index in [9.17, 15) is 8.42 Å². The van der Waals surface area contributed by atoms with Crippen LogP contribution in [0.2, 0.25) is 0 Å². The highest BCUT2D eigenvalue weighted by molar-refractivity contribution is 7.86. The molecule has 0 N–H and O–H groups in total. The van der Waals surface area contributed by atoms with Crippen LogP contribution in [0.15, 0.2) is 24.3 Å². The lowest BCUT2D eigenvalue weighted by atomic mass is 10.3. The summed E-state index contributed by atoms with van der Waals surface area (Å²) in [6.07, 6.45) is 1.02. The Kier molecular flexibility index (Phi) is 3.00. The molecule has 0 saturated carbocycles. The maximum atomic E-state index is 10.8. The van der Waals surface area contributed by atoms with Gasteiger partial charge in [-0.2, -0.15) is 8.42 Å². The summed E-state index contributed by atoms with van der Waals surface area (Å²) in [5, 5.41) is 0. The highest BCUT2D eigenvalue weighted by Crippen LogP contribution is 2.18. The molecule has 0 aromatic heterocycles. The SMILES string of the molecule is CN(C)c1ccc(OS(C)(=O)=O)cc1. The van der Waals surface area contributed by atoms with Gasteiger partial charge in [-0.3, -0.25) is 0 Å². The molecule has 0 atom stereocenters. The summed E-state index contributed by atoms with van der Waals surface area (Å²) in [7, 11) is 0.394. The van der Waals surface area contributed by atoms with Gasteiger partial charge in [0.1, 0.15) is 5.75 Å². The van der Waals surface area contributed by atoms with Crippen LogP contribution >= 0.6 is 0 Å². The standard InChI is InChI=1S/C9H13NO3S/c1-10(2)8-4-6-9(7-5-8)13-14(3,11)12/h4-7H,1-3H3. The van der Waals surface area contributed by atoms with Crippen molar-refractivity contribution in [2.45, 2.75) is 0 Å². The largest absolute Gasteiger partial charge is 0.383 e. The van der Waals surface area contributed by atoms with Crippen LogP contribution < -0.4 is 9.08 Å². The maximum absolute atomic E-state index is 10.8. The van der Waals surface area contributed by atoms with Crippen molar-refractivity contribution in [1.29, 1.82) is 0 Å². The Morgan fingerprint density at radius 1 is 1.14 bits per heavy atom. The molecule has 14 heavy (non-hydrogen) atoms. The highest BCUT2D eigenvalue weighted by Gasteiger charge is 2.03. The van der Waals surface area contributed by atoms with Gasteiger partial charge in [-0.25, -0.2) is 0 Å². The first-order chi connectivity index (χ1) is 6.38. The molecule has 78 valence electrons. The Balaban J connectivity index is 2.84. The summed E-state index contributed by atoms with van der Waals surface area (Å²) >= 11 is 0. The minimum Gasteiger partial charge on any atom is -0.383 e. The van der Waals surface area contributed by atoms with E-state index in [0.717, 1.165) is 11.9 Å². The molecule has 0 aliphatic heterocycles. The molecule has 0 bridgehead atoms. The number of benzene rings is 1. The second-order valence-electron chi connectivity index (χ2n) is 3.18. The summed E-state index contributed by atoms with van der Waals surface area (Å²) in [5.74, 6) is 0.332. The molecule has 0 fully saturated rings. The third kappa shape index (κ3) is 3.26. The predicted octanol–water partition coefficient (Wildman–Crippen LogP) is 1.09. The lowest BCUT2D eigenvalue weighted by molar-refractivity contribution is 0.493. The van der Waals surface area contributed by atoms with Crippen LogP contribution in [0, 0.1) is 0 Å². The lowest BCUT2D eigenvalue weighted by Crippen LogP contribution is -2.09. The highest BCUT2D eigenvalue weighted by atomic mass is 32.2. The van der Waals surface area contributed by atoms with Gasteiger partial charge in [0, 0.05) is 19.8 Å². The van der Waals surface area contributed by atoms with Crippen LogP contribution in [0.1, 0.15) is 0 Å². The quantitative estimate of drug-likeness (QED) is 0.708.